The molecule has 1 N–H and O–H groups in total. The molecule has 1 aromatic heterocycles. The minimum atomic E-state index is -3.59. The van der Waals surface area contributed by atoms with Crippen LogP contribution < -0.4 is 4.72 Å². The number of hydrogen-bond donors (Lipinski definition) is 1. The van der Waals surface area contributed by atoms with E-state index in [1.807, 2.05) is 6.26 Å². The van der Waals surface area contributed by atoms with E-state index >= 15 is 0 Å². The van der Waals surface area contributed by atoms with Gasteiger partial charge < -0.3 is 0 Å². The Morgan fingerprint density at radius 1 is 1.42 bits per heavy atom. The summed E-state index contributed by atoms with van der Waals surface area (Å²) in [4.78, 5) is 3.89. The summed E-state index contributed by atoms with van der Waals surface area (Å²) in [7, 11) is -3.59. The zero-order valence-corrected chi connectivity index (χ0v) is 13.1. The van der Waals surface area contributed by atoms with E-state index in [1.165, 1.54) is 18.5 Å². The van der Waals surface area contributed by atoms with Gasteiger partial charge in [0.05, 0.1) is 5.02 Å². The van der Waals surface area contributed by atoms with E-state index < -0.39 is 10.0 Å². The number of hydrogen-bond acceptors (Lipinski definition) is 4. The summed E-state index contributed by atoms with van der Waals surface area (Å²) < 4.78 is 27.5. The fourth-order valence-corrected chi connectivity index (χ4v) is 5.10. The van der Waals surface area contributed by atoms with E-state index in [0.717, 1.165) is 25.7 Å². The minimum Gasteiger partial charge on any atom is -0.263 e. The summed E-state index contributed by atoms with van der Waals surface area (Å²) in [6, 6.07) is 1.47. The van der Waals surface area contributed by atoms with Crippen molar-refractivity contribution < 1.29 is 8.42 Å². The molecular weight excluding hydrogens is 304 g/mol. The lowest BCUT2D eigenvalue weighted by atomic mass is 9.96. The Balaban J connectivity index is 2.19. The minimum absolute atomic E-state index is 0.0231. The Morgan fingerprint density at radius 2 is 2.16 bits per heavy atom. The Hall–Kier alpha value is -0.300. The summed E-state index contributed by atoms with van der Waals surface area (Å²) in [5, 5.41) is 0.540. The van der Waals surface area contributed by atoms with E-state index in [-0.39, 0.29) is 16.0 Å². The van der Waals surface area contributed by atoms with Crippen LogP contribution in [-0.4, -0.2) is 30.9 Å². The number of nitrogens with zero attached hydrogens (tertiary/aromatic N) is 1. The first-order valence-corrected chi connectivity index (χ1v) is 9.34. The van der Waals surface area contributed by atoms with Crippen LogP contribution in [-0.2, 0) is 10.0 Å². The van der Waals surface area contributed by atoms with Crippen LogP contribution in [0.15, 0.2) is 23.4 Å². The van der Waals surface area contributed by atoms with Gasteiger partial charge in [-0.3, -0.25) is 4.98 Å². The lowest BCUT2D eigenvalue weighted by molar-refractivity contribution is 0.423. The first-order chi connectivity index (χ1) is 9.04. The highest BCUT2D eigenvalue weighted by Crippen LogP contribution is 2.29. The predicted molar refractivity (Wildman–Crippen MR) is 79.1 cm³/mol. The fraction of sp³-hybridized carbons (Fsp3) is 0.583. The first kappa shape index (κ1) is 15.1. The van der Waals surface area contributed by atoms with Crippen molar-refractivity contribution in [3.63, 3.8) is 0 Å². The highest BCUT2D eigenvalue weighted by Gasteiger charge is 2.29. The Labute approximate surface area is 123 Å². The lowest BCUT2D eigenvalue weighted by Crippen LogP contribution is -2.43. The van der Waals surface area contributed by atoms with Gasteiger partial charge in [0.25, 0.3) is 0 Å². The van der Waals surface area contributed by atoms with Crippen LogP contribution in [0.4, 0.5) is 0 Å². The number of thioether (sulfide) groups is 1. The molecule has 1 fully saturated rings. The van der Waals surface area contributed by atoms with E-state index in [1.54, 1.807) is 11.8 Å². The largest absolute Gasteiger partial charge is 0.263 e. The molecule has 106 valence electrons. The third-order valence-corrected chi connectivity index (χ3v) is 6.46. The molecule has 0 amide bonds. The van der Waals surface area contributed by atoms with Crippen molar-refractivity contribution in [3.05, 3.63) is 23.5 Å². The molecule has 0 bridgehead atoms. The number of pyridine rings is 1. The molecule has 2 atom stereocenters. The number of nitrogens with one attached hydrogen (secondary N) is 1. The zero-order chi connectivity index (χ0) is 13.9. The monoisotopic (exact) mass is 320 g/mol. The zero-order valence-electron chi connectivity index (χ0n) is 10.7. The summed E-state index contributed by atoms with van der Waals surface area (Å²) in [6.07, 6.45) is 8.95. The molecular formula is C12H17ClN2O2S2. The second-order valence-corrected chi connectivity index (χ2v) is 7.76. The fourth-order valence-electron chi connectivity index (χ4n) is 2.34. The van der Waals surface area contributed by atoms with E-state index in [4.69, 9.17) is 11.6 Å². The SMILES string of the molecule is CSC1CCCCC1NS(=O)(=O)c1cnccc1Cl. The van der Waals surface area contributed by atoms with Gasteiger partial charge in [0.2, 0.25) is 10.0 Å². The predicted octanol–water partition coefficient (Wildman–Crippen LogP) is 2.69. The van der Waals surface area contributed by atoms with Gasteiger partial charge in [-0.25, -0.2) is 13.1 Å². The second-order valence-electron chi connectivity index (χ2n) is 4.59. The Kier molecular flexibility index (Phi) is 5.11. The first-order valence-electron chi connectivity index (χ1n) is 6.19. The van der Waals surface area contributed by atoms with E-state index in [9.17, 15) is 8.42 Å². The van der Waals surface area contributed by atoms with Crippen LogP contribution in [0.2, 0.25) is 5.02 Å². The molecule has 0 aromatic carbocycles. The Morgan fingerprint density at radius 3 is 2.84 bits per heavy atom. The van der Waals surface area contributed by atoms with E-state index in [2.05, 4.69) is 9.71 Å². The van der Waals surface area contributed by atoms with Crippen molar-refractivity contribution in [2.24, 2.45) is 0 Å². The van der Waals surface area contributed by atoms with Gasteiger partial charge in [-0.05, 0) is 25.2 Å². The molecule has 4 nitrogen and oxygen atoms in total. The maximum absolute atomic E-state index is 12.3. The second kappa shape index (κ2) is 6.43. The normalized spacial score (nSPS) is 24.3. The molecule has 7 heteroatoms. The number of aromatic nitrogens is 1. The smallest absolute Gasteiger partial charge is 0.243 e. The highest BCUT2D eigenvalue weighted by atomic mass is 35.5. The summed E-state index contributed by atoms with van der Waals surface area (Å²) >= 11 is 7.65. The number of sulfonamides is 1. The highest BCUT2D eigenvalue weighted by molar-refractivity contribution is 7.99. The van der Waals surface area contributed by atoms with Gasteiger partial charge in [-0.15, -0.1) is 0 Å². The molecule has 1 aliphatic rings. The molecule has 19 heavy (non-hydrogen) atoms. The summed E-state index contributed by atoms with van der Waals surface area (Å²) in [5.74, 6) is 0. The quantitative estimate of drug-likeness (QED) is 0.926. The van der Waals surface area contributed by atoms with Crippen molar-refractivity contribution >= 4 is 33.4 Å². The Bertz CT molecular complexity index is 536. The molecule has 1 saturated carbocycles. The molecule has 1 aliphatic carbocycles. The van der Waals surface area contributed by atoms with Crippen LogP contribution in [0.1, 0.15) is 25.7 Å². The molecule has 0 saturated heterocycles. The molecule has 1 heterocycles. The third-order valence-electron chi connectivity index (χ3n) is 3.34. The maximum Gasteiger partial charge on any atom is 0.243 e. The van der Waals surface area contributed by atoms with Gasteiger partial charge in [-0.2, -0.15) is 11.8 Å². The molecule has 1 aromatic rings. The van der Waals surface area contributed by atoms with E-state index in [0.29, 0.717) is 5.25 Å². The standard InChI is InChI=1S/C12H17ClN2O2S2/c1-18-11-5-3-2-4-10(11)15-19(16,17)12-8-14-7-6-9(12)13/h6-8,10-11,15H,2-5H2,1H3. The van der Waals surface area contributed by atoms with Crippen LogP contribution in [0.5, 0.6) is 0 Å². The molecule has 0 radical (unpaired) electrons. The van der Waals surface area contributed by atoms with Crippen molar-refractivity contribution in [3.8, 4) is 0 Å². The lowest BCUT2D eigenvalue weighted by Gasteiger charge is -2.30. The maximum atomic E-state index is 12.3. The van der Waals surface area contributed by atoms with Gasteiger partial charge in [-0.1, -0.05) is 24.4 Å². The van der Waals surface area contributed by atoms with Gasteiger partial charge in [0.15, 0.2) is 0 Å². The van der Waals surface area contributed by atoms with Crippen molar-refractivity contribution in [1.82, 2.24) is 9.71 Å². The van der Waals surface area contributed by atoms with Gasteiger partial charge >= 0.3 is 0 Å². The van der Waals surface area contributed by atoms with Crippen LogP contribution in [0, 0.1) is 0 Å². The van der Waals surface area contributed by atoms with Crippen LogP contribution >= 0.6 is 23.4 Å². The summed E-state index contributed by atoms with van der Waals surface area (Å²) in [5.41, 5.74) is 0. The third kappa shape index (κ3) is 3.62. The molecule has 0 spiro atoms. The average Bonchev–Trinajstić information content (AvgIpc) is 2.39. The summed E-state index contributed by atoms with van der Waals surface area (Å²) in [6.45, 7) is 0. The van der Waals surface area contributed by atoms with Crippen molar-refractivity contribution in [2.45, 2.75) is 41.9 Å². The van der Waals surface area contributed by atoms with Crippen molar-refractivity contribution in [1.29, 1.82) is 0 Å². The number of halogens is 1. The molecule has 2 unspecified atom stereocenters. The van der Waals surface area contributed by atoms with Gasteiger partial charge in [0.1, 0.15) is 4.90 Å². The average molecular weight is 321 g/mol. The molecule has 2 rings (SSSR count). The van der Waals surface area contributed by atoms with Crippen LogP contribution in [0.3, 0.4) is 0 Å². The number of rotatable bonds is 4. The molecule has 0 aliphatic heterocycles. The van der Waals surface area contributed by atoms with Crippen LogP contribution in [0.25, 0.3) is 0 Å². The van der Waals surface area contributed by atoms with Crippen molar-refractivity contribution in [2.75, 3.05) is 6.26 Å². The topological polar surface area (TPSA) is 59.1 Å². The van der Waals surface area contributed by atoms with Gasteiger partial charge in [0, 0.05) is 23.7 Å².